The molecule has 7 rings (SSSR count). The van der Waals surface area contributed by atoms with Crippen molar-refractivity contribution in [3.05, 3.63) is 140 Å². The van der Waals surface area contributed by atoms with E-state index in [9.17, 15) is 0 Å². The van der Waals surface area contributed by atoms with Crippen molar-refractivity contribution in [1.29, 1.82) is 0 Å². The minimum atomic E-state index is 0.674. The molecule has 0 aliphatic heterocycles. The van der Waals surface area contributed by atoms with Gasteiger partial charge in [-0.05, 0) is 72.8 Å². The van der Waals surface area contributed by atoms with Crippen LogP contribution in [0.2, 0.25) is 0 Å². The Balaban J connectivity index is 1.37. The first-order valence-electron chi connectivity index (χ1n) is 14.3. The summed E-state index contributed by atoms with van der Waals surface area (Å²) >= 11 is 0. The second kappa shape index (κ2) is 11.7. The zero-order valence-electron chi connectivity index (χ0n) is 24.3. The number of aromatic nitrogens is 5. The summed E-state index contributed by atoms with van der Waals surface area (Å²) in [6.45, 7) is 0. The molecule has 0 saturated carbocycles. The van der Waals surface area contributed by atoms with Crippen molar-refractivity contribution < 1.29 is 9.47 Å². The van der Waals surface area contributed by atoms with Gasteiger partial charge in [-0.2, -0.15) is 10.2 Å². The molecule has 0 bridgehead atoms. The zero-order chi connectivity index (χ0) is 29.9. The van der Waals surface area contributed by atoms with Crippen LogP contribution < -0.4 is 9.47 Å². The monoisotopic (exact) mass is 575 g/mol. The molecule has 0 amide bonds. The lowest BCUT2D eigenvalue weighted by molar-refractivity contribution is 0.415. The average Bonchev–Trinajstić information content (AvgIpc) is 3.76. The van der Waals surface area contributed by atoms with Crippen LogP contribution >= 0.6 is 0 Å². The van der Waals surface area contributed by atoms with E-state index in [4.69, 9.17) is 24.7 Å². The number of methoxy groups -OCH3 is 2. The Morgan fingerprint density at radius 1 is 0.432 bits per heavy atom. The maximum absolute atomic E-state index is 5.40. The molecule has 4 aromatic carbocycles. The third kappa shape index (κ3) is 5.23. The van der Waals surface area contributed by atoms with Gasteiger partial charge in [-0.1, -0.05) is 66.7 Å². The van der Waals surface area contributed by atoms with Crippen molar-refractivity contribution in [1.82, 2.24) is 24.5 Å². The van der Waals surface area contributed by atoms with Crippen molar-refractivity contribution in [2.24, 2.45) is 0 Å². The second-order valence-electron chi connectivity index (χ2n) is 10.2. The highest BCUT2D eigenvalue weighted by molar-refractivity contribution is 5.72. The molecule has 0 N–H and O–H groups in total. The number of ether oxygens (including phenoxy) is 2. The van der Waals surface area contributed by atoms with Crippen molar-refractivity contribution in [3.63, 3.8) is 0 Å². The van der Waals surface area contributed by atoms with E-state index < -0.39 is 0 Å². The van der Waals surface area contributed by atoms with Crippen LogP contribution in [0.5, 0.6) is 11.5 Å². The summed E-state index contributed by atoms with van der Waals surface area (Å²) in [5, 5.41) is 10.1. The summed E-state index contributed by atoms with van der Waals surface area (Å²) < 4.78 is 14.6. The van der Waals surface area contributed by atoms with Gasteiger partial charge in [0.05, 0.1) is 37.0 Å². The molecular weight excluding hydrogens is 546 g/mol. The maximum Gasteiger partial charge on any atom is 0.156 e. The van der Waals surface area contributed by atoms with Crippen molar-refractivity contribution in [2.45, 2.75) is 0 Å². The van der Waals surface area contributed by atoms with Gasteiger partial charge in [-0.15, -0.1) is 0 Å². The number of pyridine rings is 1. The SMILES string of the molecule is COc1ccc(-c2cc(-c3ccccc3)nn2-c2cccc(-n3nc(-c4ccccc4)cc3-c3ccc(OC)cc3)n2)cc1. The van der Waals surface area contributed by atoms with Crippen molar-refractivity contribution >= 4 is 0 Å². The number of rotatable bonds is 8. The molecule has 7 nitrogen and oxygen atoms in total. The van der Waals surface area contributed by atoms with Crippen LogP contribution in [-0.2, 0) is 0 Å². The molecule has 7 heteroatoms. The van der Waals surface area contributed by atoms with Crippen molar-refractivity contribution in [2.75, 3.05) is 14.2 Å². The molecule has 0 atom stereocenters. The van der Waals surface area contributed by atoms with Gasteiger partial charge in [-0.25, -0.2) is 14.3 Å². The Labute approximate surface area is 255 Å². The smallest absolute Gasteiger partial charge is 0.156 e. The molecule has 0 fully saturated rings. The summed E-state index contributed by atoms with van der Waals surface area (Å²) in [5.74, 6) is 2.94. The number of hydrogen-bond donors (Lipinski definition) is 0. The Hall–Kier alpha value is -5.95. The Morgan fingerprint density at radius 3 is 1.23 bits per heavy atom. The molecule has 3 aromatic heterocycles. The molecule has 44 heavy (non-hydrogen) atoms. The van der Waals surface area contributed by atoms with Crippen LogP contribution in [0.1, 0.15) is 0 Å². The fourth-order valence-corrected chi connectivity index (χ4v) is 5.19. The molecule has 0 saturated heterocycles. The van der Waals surface area contributed by atoms with E-state index in [1.165, 1.54) is 0 Å². The standard InChI is InChI=1S/C37H29N5O2/c1-43-30-20-16-28(17-21-30)34-24-32(26-10-5-3-6-11-26)39-41(34)36-14-9-15-37(38-36)42-35(29-18-22-31(44-2)23-19-29)25-33(40-42)27-12-7-4-8-13-27/h3-25H,1-2H3. The topological polar surface area (TPSA) is 67.0 Å². The van der Waals surface area contributed by atoms with Crippen LogP contribution in [-0.4, -0.2) is 38.8 Å². The summed E-state index contributed by atoms with van der Waals surface area (Å²) in [4.78, 5) is 5.12. The van der Waals surface area contributed by atoms with E-state index in [1.807, 2.05) is 112 Å². The fraction of sp³-hybridized carbons (Fsp3) is 0.0541. The lowest BCUT2D eigenvalue weighted by Crippen LogP contribution is -2.07. The van der Waals surface area contributed by atoms with Crippen LogP contribution in [0, 0.1) is 0 Å². The van der Waals surface area contributed by atoms with Gasteiger partial charge in [0.2, 0.25) is 0 Å². The first-order valence-corrected chi connectivity index (χ1v) is 14.3. The Morgan fingerprint density at radius 2 is 0.841 bits per heavy atom. The van der Waals surface area contributed by atoms with Crippen molar-refractivity contribution in [3.8, 4) is 68.2 Å². The first kappa shape index (κ1) is 26.9. The van der Waals surface area contributed by atoms with E-state index in [-0.39, 0.29) is 0 Å². The highest BCUT2D eigenvalue weighted by Gasteiger charge is 2.18. The lowest BCUT2D eigenvalue weighted by Gasteiger charge is -2.11. The minimum absolute atomic E-state index is 0.674. The summed E-state index contributed by atoms with van der Waals surface area (Å²) in [6, 6.07) is 46.4. The predicted octanol–water partition coefficient (Wildman–Crippen LogP) is 8.14. The van der Waals surface area contributed by atoms with Gasteiger partial charge in [0.15, 0.2) is 11.6 Å². The molecule has 7 aromatic rings. The molecule has 0 radical (unpaired) electrons. The van der Waals surface area contributed by atoms with Gasteiger partial charge in [0, 0.05) is 22.3 Å². The van der Waals surface area contributed by atoms with Crippen LogP contribution in [0.15, 0.2) is 140 Å². The maximum atomic E-state index is 5.40. The van der Waals surface area contributed by atoms with E-state index >= 15 is 0 Å². The van der Waals surface area contributed by atoms with Gasteiger partial charge in [0.25, 0.3) is 0 Å². The Kier molecular flexibility index (Phi) is 7.18. The number of hydrogen-bond acceptors (Lipinski definition) is 5. The van der Waals surface area contributed by atoms with E-state index in [0.717, 1.165) is 56.5 Å². The third-order valence-corrected chi connectivity index (χ3v) is 7.48. The molecule has 0 spiro atoms. The largest absolute Gasteiger partial charge is 0.497 e. The second-order valence-corrected chi connectivity index (χ2v) is 10.2. The van der Waals surface area contributed by atoms with Crippen LogP contribution in [0.4, 0.5) is 0 Å². The molecule has 0 aliphatic carbocycles. The van der Waals surface area contributed by atoms with E-state index in [1.54, 1.807) is 14.2 Å². The molecule has 214 valence electrons. The van der Waals surface area contributed by atoms with Gasteiger partial charge >= 0.3 is 0 Å². The highest BCUT2D eigenvalue weighted by atomic mass is 16.5. The van der Waals surface area contributed by atoms with Gasteiger partial charge in [0.1, 0.15) is 11.5 Å². The van der Waals surface area contributed by atoms with Crippen LogP contribution in [0.3, 0.4) is 0 Å². The quantitative estimate of drug-likeness (QED) is 0.183. The molecular formula is C37H29N5O2. The average molecular weight is 576 g/mol. The normalized spacial score (nSPS) is 11.0. The van der Waals surface area contributed by atoms with E-state index in [0.29, 0.717) is 11.6 Å². The highest BCUT2D eigenvalue weighted by Crippen LogP contribution is 2.32. The first-order chi connectivity index (χ1) is 21.7. The predicted molar refractivity (Wildman–Crippen MR) is 173 cm³/mol. The summed E-state index contributed by atoms with van der Waals surface area (Å²) in [7, 11) is 3.34. The zero-order valence-corrected chi connectivity index (χ0v) is 24.3. The van der Waals surface area contributed by atoms with Gasteiger partial charge < -0.3 is 9.47 Å². The summed E-state index contributed by atoms with van der Waals surface area (Å²) in [6.07, 6.45) is 0. The number of nitrogens with zero attached hydrogens (tertiary/aromatic N) is 5. The summed E-state index contributed by atoms with van der Waals surface area (Å²) in [5.41, 5.74) is 7.58. The molecule has 0 unspecified atom stereocenters. The third-order valence-electron chi connectivity index (χ3n) is 7.48. The lowest BCUT2D eigenvalue weighted by atomic mass is 10.1. The van der Waals surface area contributed by atoms with Crippen LogP contribution in [0.25, 0.3) is 56.7 Å². The van der Waals surface area contributed by atoms with Gasteiger partial charge in [-0.3, -0.25) is 0 Å². The molecule has 0 aliphatic rings. The Bertz CT molecular complexity index is 1870. The molecule has 3 heterocycles. The fourth-order valence-electron chi connectivity index (χ4n) is 5.19. The number of benzene rings is 4. The van der Waals surface area contributed by atoms with E-state index in [2.05, 4.69) is 36.4 Å². The minimum Gasteiger partial charge on any atom is -0.497 e.